The van der Waals surface area contributed by atoms with Gasteiger partial charge >= 0.3 is 0 Å². The molecule has 1 atom stereocenters. The summed E-state index contributed by atoms with van der Waals surface area (Å²) in [6, 6.07) is 19.7. The van der Waals surface area contributed by atoms with Crippen LogP contribution in [0.2, 0.25) is 5.02 Å². The van der Waals surface area contributed by atoms with E-state index in [1.807, 2.05) is 0 Å². The highest BCUT2D eigenvalue weighted by Gasteiger charge is 2.39. The molecule has 0 aliphatic carbocycles. The molecule has 138 valence electrons. The van der Waals surface area contributed by atoms with Crippen LogP contribution in [-0.4, -0.2) is 12.7 Å². The fourth-order valence-electron chi connectivity index (χ4n) is 3.22. The molecule has 1 heterocycles. The van der Waals surface area contributed by atoms with E-state index in [-0.39, 0.29) is 11.4 Å². The van der Waals surface area contributed by atoms with Gasteiger partial charge < -0.3 is 5.32 Å². The highest BCUT2D eigenvalue weighted by Crippen LogP contribution is 2.40. The predicted octanol–water partition coefficient (Wildman–Crippen LogP) is 4.79. The van der Waals surface area contributed by atoms with Gasteiger partial charge in [-0.3, -0.25) is 0 Å². The van der Waals surface area contributed by atoms with Crippen molar-refractivity contribution < 1.29 is 12.8 Å². The molecular weight excluding hydrogens is 387 g/mol. The summed E-state index contributed by atoms with van der Waals surface area (Å²) in [7, 11) is -3.82. The maximum absolute atomic E-state index is 13.6. The summed E-state index contributed by atoms with van der Waals surface area (Å²) in [6.07, 6.45) is -0.707. The second-order valence-corrected chi connectivity index (χ2v) is 8.51. The molecule has 3 aromatic rings. The van der Waals surface area contributed by atoms with Crippen molar-refractivity contribution in [3.63, 3.8) is 0 Å². The van der Waals surface area contributed by atoms with E-state index < -0.39 is 22.0 Å². The first-order chi connectivity index (χ1) is 13.0. The van der Waals surface area contributed by atoms with Gasteiger partial charge in [0.15, 0.2) is 0 Å². The smallest absolute Gasteiger partial charge is 0.247 e. The molecule has 0 saturated carbocycles. The van der Waals surface area contributed by atoms with Crippen molar-refractivity contribution in [2.75, 3.05) is 5.32 Å². The second-order valence-electron chi connectivity index (χ2n) is 6.24. The lowest BCUT2D eigenvalue weighted by atomic mass is 10.1. The zero-order valence-corrected chi connectivity index (χ0v) is 15.7. The van der Waals surface area contributed by atoms with E-state index in [1.165, 1.54) is 16.4 Å². The van der Waals surface area contributed by atoms with Crippen molar-refractivity contribution in [3.05, 3.63) is 94.8 Å². The number of halogens is 2. The van der Waals surface area contributed by atoms with E-state index in [4.69, 9.17) is 11.6 Å². The summed E-state index contributed by atoms with van der Waals surface area (Å²) < 4.78 is 41.6. The number of anilines is 1. The summed E-state index contributed by atoms with van der Waals surface area (Å²) in [4.78, 5) is 0.185. The zero-order valence-electron chi connectivity index (χ0n) is 14.1. The zero-order chi connectivity index (χ0) is 19.0. The van der Waals surface area contributed by atoms with Gasteiger partial charge in [0, 0.05) is 17.1 Å². The molecule has 0 saturated heterocycles. The number of nitrogens with zero attached hydrogens (tertiary/aromatic N) is 1. The van der Waals surface area contributed by atoms with Gasteiger partial charge in [-0.15, -0.1) is 0 Å². The van der Waals surface area contributed by atoms with Gasteiger partial charge in [-0.25, -0.2) is 12.8 Å². The van der Waals surface area contributed by atoms with Gasteiger partial charge in [0.05, 0.1) is 5.69 Å². The number of hydrogen-bond donors (Lipinski definition) is 1. The summed E-state index contributed by atoms with van der Waals surface area (Å²) in [5.41, 5.74) is 1.70. The molecule has 0 bridgehead atoms. The maximum atomic E-state index is 13.6. The van der Waals surface area contributed by atoms with Crippen LogP contribution in [0, 0.1) is 5.82 Å². The third-order valence-corrected chi connectivity index (χ3v) is 6.69. The van der Waals surface area contributed by atoms with Gasteiger partial charge in [0.1, 0.15) is 16.9 Å². The Kier molecular flexibility index (Phi) is 4.63. The number of benzene rings is 3. The summed E-state index contributed by atoms with van der Waals surface area (Å²) >= 11 is 6.35. The highest BCUT2D eigenvalue weighted by molar-refractivity contribution is 7.89. The lowest BCUT2D eigenvalue weighted by Gasteiger charge is -2.37. The lowest BCUT2D eigenvalue weighted by molar-refractivity contribution is 0.336. The van der Waals surface area contributed by atoms with Crippen LogP contribution in [0.1, 0.15) is 17.3 Å². The quantitative estimate of drug-likeness (QED) is 0.685. The molecule has 0 fully saturated rings. The molecule has 1 unspecified atom stereocenters. The third-order valence-electron chi connectivity index (χ3n) is 4.48. The number of nitrogens with one attached hydrogen (secondary N) is 1. The van der Waals surface area contributed by atoms with Crippen LogP contribution in [0.3, 0.4) is 0 Å². The van der Waals surface area contributed by atoms with Crippen molar-refractivity contribution in [1.29, 1.82) is 0 Å². The molecule has 0 radical (unpaired) electrons. The maximum Gasteiger partial charge on any atom is 0.247 e. The Labute approximate surface area is 162 Å². The van der Waals surface area contributed by atoms with Crippen LogP contribution >= 0.6 is 11.6 Å². The summed E-state index contributed by atoms with van der Waals surface area (Å²) in [5, 5.41) is 3.72. The van der Waals surface area contributed by atoms with Crippen molar-refractivity contribution in [1.82, 2.24) is 4.31 Å². The molecule has 4 nitrogen and oxygen atoms in total. The molecule has 4 rings (SSSR count). The van der Waals surface area contributed by atoms with Crippen LogP contribution in [0.4, 0.5) is 10.1 Å². The molecule has 0 amide bonds. The third kappa shape index (κ3) is 3.32. The van der Waals surface area contributed by atoms with Gasteiger partial charge in [-0.05, 0) is 35.9 Å². The van der Waals surface area contributed by atoms with Crippen LogP contribution in [-0.2, 0) is 16.6 Å². The van der Waals surface area contributed by atoms with E-state index in [2.05, 4.69) is 5.32 Å². The molecule has 1 aliphatic rings. The standard InChI is InChI=1S/C20H16ClFN2O2S/c21-17-9-2-1-8-16(17)20-23-18-10-3-4-11-19(18)27(25,26)24(20)13-14-6-5-7-15(22)12-14/h1-12,20,23H,13H2. The predicted molar refractivity (Wildman–Crippen MR) is 103 cm³/mol. The highest BCUT2D eigenvalue weighted by atomic mass is 35.5. The molecule has 3 aromatic carbocycles. The number of sulfonamides is 1. The Balaban J connectivity index is 1.86. The summed E-state index contributed by atoms with van der Waals surface area (Å²) in [6.45, 7) is 0.0112. The second kappa shape index (κ2) is 6.96. The number of fused-ring (bicyclic) bond motifs is 1. The van der Waals surface area contributed by atoms with Crippen molar-refractivity contribution in [2.24, 2.45) is 0 Å². The molecule has 0 aromatic heterocycles. The van der Waals surface area contributed by atoms with E-state index in [1.54, 1.807) is 60.7 Å². The minimum atomic E-state index is -3.82. The van der Waals surface area contributed by atoms with E-state index in [9.17, 15) is 12.8 Å². The van der Waals surface area contributed by atoms with Crippen LogP contribution in [0.5, 0.6) is 0 Å². The molecular formula is C20H16ClFN2O2S. The van der Waals surface area contributed by atoms with E-state index >= 15 is 0 Å². The van der Waals surface area contributed by atoms with E-state index in [0.717, 1.165) is 0 Å². The monoisotopic (exact) mass is 402 g/mol. The largest absolute Gasteiger partial charge is 0.364 e. The summed E-state index contributed by atoms with van der Waals surface area (Å²) in [5.74, 6) is -0.412. The average molecular weight is 403 g/mol. The molecule has 0 spiro atoms. The fraction of sp³-hybridized carbons (Fsp3) is 0.100. The van der Waals surface area contributed by atoms with Crippen LogP contribution in [0.25, 0.3) is 0 Å². The Hall–Kier alpha value is -2.41. The average Bonchev–Trinajstić information content (AvgIpc) is 2.65. The Morgan fingerprint density at radius 3 is 2.52 bits per heavy atom. The topological polar surface area (TPSA) is 49.4 Å². The molecule has 27 heavy (non-hydrogen) atoms. The van der Waals surface area contributed by atoms with Crippen molar-refractivity contribution in [2.45, 2.75) is 17.6 Å². The number of para-hydroxylation sites is 1. The van der Waals surface area contributed by atoms with Crippen LogP contribution in [0.15, 0.2) is 77.7 Å². The Morgan fingerprint density at radius 1 is 1.00 bits per heavy atom. The van der Waals surface area contributed by atoms with Gasteiger partial charge in [0.25, 0.3) is 0 Å². The first-order valence-electron chi connectivity index (χ1n) is 8.33. The fourth-order valence-corrected chi connectivity index (χ4v) is 5.13. The van der Waals surface area contributed by atoms with Gasteiger partial charge in [-0.1, -0.05) is 54.1 Å². The minimum absolute atomic E-state index is 0.0112. The Morgan fingerprint density at radius 2 is 1.74 bits per heavy atom. The SMILES string of the molecule is O=S1(=O)c2ccccc2NC(c2ccccc2Cl)N1Cc1cccc(F)c1. The van der Waals surface area contributed by atoms with Crippen LogP contribution < -0.4 is 5.32 Å². The first kappa shape index (κ1) is 18.0. The minimum Gasteiger partial charge on any atom is -0.364 e. The molecule has 7 heteroatoms. The normalized spacial score (nSPS) is 18.5. The number of rotatable bonds is 3. The van der Waals surface area contributed by atoms with Crippen molar-refractivity contribution in [3.8, 4) is 0 Å². The molecule has 1 N–H and O–H groups in total. The molecule has 1 aliphatic heterocycles. The first-order valence-corrected chi connectivity index (χ1v) is 10.1. The Bertz CT molecular complexity index is 1100. The van der Waals surface area contributed by atoms with E-state index in [0.29, 0.717) is 21.8 Å². The number of hydrogen-bond acceptors (Lipinski definition) is 3. The lowest BCUT2D eigenvalue weighted by Crippen LogP contribution is -2.42. The van der Waals surface area contributed by atoms with Crippen molar-refractivity contribution >= 4 is 27.3 Å². The van der Waals surface area contributed by atoms with Gasteiger partial charge in [0.2, 0.25) is 10.0 Å². The van der Waals surface area contributed by atoms with Gasteiger partial charge in [-0.2, -0.15) is 4.31 Å².